The summed E-state index contributed by atoms with van der Waals surface area (Å²) in [6.45, 7) is 1.65. The van der Waals surface area contributed by atoms with E-state index in [0.29, 0.717) is 12.0 Å². The molecule has 0 radical (unpaired) electrons. The molecule has 0 aromatic carbocycles. The number of amides is 2. The Bertz CT molecular complexity index is 590. The highest BCUT2D eigenvalue weighted by Gasteiger charge is 2.25. The first-order valence-corrected chi connectivity index (χ1v) is 9.98. The molecule has 0 spiro atoms. The van der Waals surface area contributed by atoms with Crippen molar-refractivity contribution < 1.29 is 9.59 Å². The molecular weight excluding hydrogens is 320 g/mol. The Kier molecular flexibility index (Phi) is 5.59. The van der Waals surface area contributed by atoms with Crippen molar-refractivity contribution >= 4 is 23.2 Å². The normalized spacial score (nSPS) is 16.9. The van der Waals surface area contributed by atoms with Gasteiger partial charge in [0.25, 0.3) is 5.91 Å². The van der Waals surface area contributed by atoms with Crippen LogP contribution in [-0.4, -0.2) is 48.8 Å². The quantitative estimate of drug-likeness (QED) is 0.686. The number of hydrogen-bond acceptors (Lipinski definition) is 3. The molecule has 132 valence electrons. The van der Waals surface area contributed by atoms with Crippen LogP contribution >= 0.6 is 11.3 Å². The zero-order valence-corrected chi connectivity index (χ0v) is 15.6. The van der Waals surface area contributed by atoms with Crippen LogP contribution in [0.1, 0.15) is 53.8 Å². The van der Waals surface area contributed by atoms with Crippen molar-refractivity contribution in [2.45, 2.75) is 44.9 Å². The van der Waals surface area contributed by atoms with Gasteiger partial charge in [-0.1, -0.05) is 25.7 Å². The Morgan fingerprint density at radius 1 is 1.04 bits per heavy atom. The van der Waals surface area contributed by atoms with Crippen LogP contribution in [0, 0.1) is 11.8 Å². The molecule has 0 saturated heterocycles. The predicted molar refractivity (Wildman–Crippen MR) is 97.3 cm³/mol. The van der Waals surface area contributed by atoms with Gasteiger partial charge >= 0.3 is 0 Å². The molecule has 2 aliphatic rings. The maximum Gasteiger partial charge on any atom is 0.254 e. The molecule has 1 aromatic heterocycles. The van der Waals surface area contributed by atoms with Crippen molar-refractivity contribution in [1.29, 1.82) is 0 Å². The van der Waals surface area contributed by atoms with E-state index in [0.717, 1.165) is 42.6 Å². The van der Waals surface area contributed by atoms with Crippen LogP contribution in [0.25, 0.3) is 0 Å². The smallest absolute Gasteiger partial charge is 0.254 e. The number of carbonyl (C=O) groups is 2. The maximum absolute atomic E-state index is 12.6. The molecule has 2 saturated carbocycles. The lowest BCUT2D eigenvalue weighted by Gasteiger charge is -2.19. The Morgan fingerprint density at radius 3 is 2.21 bits per heavy atom. The summed E-state index contributed by atoms with van der Waals surface area (Å²) in [6, 6.07) is 1.87. The molecule has 0 bridgehead atoms. The lowest BCUT2D eigenvalue weighted by Crippen LogP contribution is -2.31. The average Bonchev–Trinajstić information content (AvgIpc) is 3.49. The van der Waals surface area contributed by atoms with Gasteiger partial charge in [-0.05, 0) is 36.1 Å². The minimum atomic E-state index is 0.0559. The second-order valence-electron chi connectivity index (χ2n) is 7.44. The molecule has 24 heavy (non-hydrogen) atoms. The summed E-state index contributed by atoms with van der Waals surface area (Å²) in [6.07, 6.45) is 7.82. The highest BCUT2D eigenvalue weighted by Crippen LogP contribution is 2.33. The minimum absolute atomic E-state index is 0.0559. The van der Waals surface area contributed by atoms with Crippen molar-refractivity contribution in [1.82, 2.24) is 9.80 Å². The molecule has 3 rings (SSSR count). The van der Waals surface area contributed by atoms with Crippen molar-refractivity contribution in [2.75, 3.05) is 27.2 Å². The maximum atomic E-state index is 12.6. The van der Waals surface area contributed by atoms with Crippen molar-refractivity contribution in [3.63, 3.8) is 0 Å². The van der Waals surface area contributed by atoms with Crippen molar-refractivity contribution in [2.24, 2.45) is 11.8 Å². The summed E-state index contributed by atoms with van der Waals surface area (Å²) >= 11 is 1.52. The lowest BCUT2D eigenvalue weighted by molar-refractivity contribution is -0.129. The number of likely N-dealkylation sites (N-methyl/N-ethyl adjacent to an activating group) is 1. The summed E-state index contributed by atoms with van der Waals surface area (Å²) < 4.78 is 0. The first-order valence-electron chi connectivity index (χ1n) is 9.10. The molecule has 0 N–H and O–H groups in total. The summed E-state index contributed by atoms with van der Waals surface area (Å²) in [5.74, 6) is 1.83. The van der Waals surface area contributed by atoms with Gasteiger partial charge in [-0.15, -0.1) is 11.3 Å². The van der Waals surface area contributed by atoms with Crippen molar-refractivity contribution in [3.05, 3.63) is 21.9 Å². The van der Waals surface area contributed by atoms with Gasteiger partial charge in [0.2, 0.25) is 5.91 Å². The van der Waals surface area contributed by atoms with Crippen LogP contribution in [0.4, 0.5) is 0 Å². The van der Waals surface area contributed by atoms with E-state index in [4.69, 9.17) is 0 Å². The third-order valence-electron chi connectivity index (χ3n) is 5.20. The van der Waals surface area contributed by atoms with Gasteiger partial charge in [-0.25, -0.2) is 0 Å². The van der Waals surface area contributed by atoms with Crippen molar-refractivity contribution in [3.8, 4) is 0 Å². The minimum Gasteiger partial charge on any atom is -0.345 e. The first kappa shape index (κ1) is 17.5. The fourth-order valence-electron chi connectivity index (χ4n) is 2.94. The standard InChI is InChI=1S/C19H28N2O2S/c1-20(10-7-14-3-4-14)18(22)13-17-16(9-12-24-17)19(23)21(2)11-8-15-5-6-15/h9,12,14-15H,3-8,10-11,13H2,1-2H3. The molecule has 0 unspecified atom stereocenters. The molecule has 2 aliphatic carbocycles. The van der Waals surface area contributed by atoms with Crippen LogP contribution in [0.15, 0.2) is 11.4 Å². The van der Waals surface area contributed by atoms with E-state index in [1.165, 1.54) is 37.0 Å². The third-order valence-corrected chi connectivity index (χ3v) is 6.12. The zero-order valence-electron chi connectivity index (χ0n) is 14.8. The van der Waals surface area contributed by atoms with Crippen LogP contribution in [-0.2, 0) is 11.2 Å². The summed E-state index contributed by atoms with van der Waals surface area (Å²) in [7, 11) is 3.75. The molecule has 1 aromatic rings. The average molecular weight is 349 g/mol. The number of nitrogens with zero attached hydrogens (tertiary/aromatic N) is 2. The van der Waals surface area contributed by atoms with E-state index in [1.807, 2.05) is 35.3 Å². The molecule has 2 amide bonds. The second kappa shape index (κ2) is 7.68. The third kappa shape index (κ3) is 4.82. The Balaban J connectivity index is 1.52. The molecule has 0 aliphatic heterocycles. The SMILES string of the molecule is CN(CCC1CC1)C(=O)Cc1sccc1C(=O)N(C)CCC1CC1. The zero-order chi connectivity index (χ0) is 17.1. The first-order chi connectivity index (χ1) is 11.5. The fourth-order valence-corrected chi connectivity index (χ4v) is 3.80. The number of hydrogen-bond donors (Lipinski definition) is 0. The fraction of sp³-hybridized carbons (Fsp3) is 0.684. The number of rotatable bonds is 9. The summed E-state index contributed by atoms with van der Waals surface area (Å²) in [5, 5.41) is 1.93. The van der Waals surface area contributed by atoms with Gasteiger partial charge in [0.15, 0.2) is 0 Å². The highest BCUT2D eigenvalue weighted by atomic mass is 32.1. The van der Waals surface area contributed by atoms with Gasteiger partial charge in [0, 0.05) is 32.1 Å². The molecule has 1 heterocycles. The molecule has 4 nitrogen and oxygen atoms in total. The molecule has 0 atom stereocenters. The Hall–Kier alpha value is -1.36. The van der Waals surface area contributed by atoms with Crippen LogP contribution in [0.2, 0.25) is 0 Å². The van der Waals surface area contributed by atoms with Crippen LogP contribution in [0.3, 0.4) is 0 Å². The largest absolute Gasteiger partial charge is 0.345 e. The van der Waals surface area contributed by atoms with Gasteiger partial charge < -0.3 is 9.80 Å². The van der Waals surface area contributed by atoms with Gasteiger partial charge in [-0.2, -0.15) is 0 Å². The van der Waals surface area contributed by atoms with Crippen LogP contribution < -0.4 is 0 Å². The Labute approximate surface area is 148 Å². The van der Waals surface area contributed by atoms with E-state index < -0.39 is 0 Å². The number of carbonyl (C=O) groups excluding carboxylic acids is 2. The second-order valence-corrected chi connectivity index (χ2v) is 8.44. The van der Waals surface area contributed by atoms with E-state index in [2.05, 4.69) is 0 Å². The van der Waals surface area contributed by atoms with E-state index in [1.54, 1.807) is 0 Å². The van der Waals surface area contributed by atoms with E-state index in [9.17, 15) is 9.59 Å². The van der Waals surface area contributed by atoms with Gasteiger partial charge in [0.1, 0.15) is 0 Å². The molecule has 2 fully saturated rings. The Morgan fingerprint density at radius 2 is 1.62 bits per heavy atom. The number of thiophene rings is 1. The monoisotopic (exact) mass is 348 g/mol. The summed E-state index contributed by atoms with van der Waals surface area (Å²) in [4.78, 5) is 29.6. The van der Waals surface area contributed by atoms with Gasteiger partial charge in [0.05, 0.1) is 12.0 Å². The summed E-state index contributed by atoms with van der Waals surface area (Å²) in [5.41, 5.74) is 0.710. The van der Waals surface area contributed by atoms with Crippen LogP contribution in [0.5, 0.6) is 0 Å². The predicted octanol–water partition coefficient (Wildman–Crippen LogP) is 3.42. The van der Waals surface area contributed by atoms with E-state index in [-0.39, 0.29) is 11.8 Å². The highest BCUT2D eigenvalue weighted by molar-refractivity contribution is 7.10. The topological polar surface area (TPSA) is 40.6 Å². The molecule has 5 heteroatoms. The molecular formula is C19H28N2O2S. The van der Waals surface area contributed by atoms with E-state index >= 15 is 0 Å². The van der Waals surface area contributed by atoms with Gasteiger partial charge in [-0.3, -0.25) is 9.59 Å². The lowest BCUT2D eigenvalue weighted by atomic mass is 10.1.